The van der Waals surface area contributed by atoms with Gasteiger partial charge in [0.1, 0.15) is 0 Å². The summed E-state index contributed by atoms with van der Waals surface area (Å²) in [5.74, 6) is -0.0740. The Morgan fingerprint density at radius 3 is 2.65 bits per heavy atom. The quantitative estimate of drug-likeness (QED) is 0.929. The smallest absolute Gasteiger partial charge is 0.224 e. The van der Waals surface area contributed by atoms with Crippen molar-refractivity contribution in [1.82, 2.24) is 0 Å². The van der Waals surface area contributed by atoms with Crippen LogP contribution in [0, 0.1) is 11.3 Å². The second kappa shape index (κ2) is 6.74. The molecule has 0 fully saturated rings. The third-order valence-electron chi connectivity index (χ3n) is 2.83. The average molecular weight is 285 g/mol. The molecule has 0 bridgehead atoms. The van der Waals surface area contributed by atoms with Gasteiger partial charge >= 0.3 is 0 Å². The molecule has 20 heavy (non-hydrogen) atoms. The summed E-state index contributed by atoms with van der Waals surface area (Å²) in [4.78, 5) is 11.8. The fourth-order valence-corrected chi connectivity index (χ4v) is 1.92. The number of carbonyl (C=O) groups excluding carboxylic acids is 1. The van der Waals surface area contributed by atoms with Crippen molar-refractivity contribution in [2.24, 2.45) is 0 Å². The second-order valence-electron chi connectivity index (χ2n) is 4.37. The Hall–Kier alpha value is -2.31. The molecule has 1 amide bonds. The molecule has 4 heteroatoms. The van der Waals surface area contributed by atoms with E-state index in [9.17, 15) is 4.79 Å². The van der Waals surface area contributed by atoms with Crippen LogP contribution in [-0.4, -0.2) is 5.91 Å². The lowest BCUT2D eigenvalue weighted by Crippen LogP contribution is -2.12. The fraction of sp³-hybridized carbons (Fsp3) is 0.125. The maximum absolute atomic E-state index is 11.8. The summed E-state index contributed by atoms with van der Waals surface area (Å²) in [5, 5.41) is 12.3. The predicted molar refractivity (Wildman–Crippen MR) is 79.6 cm³/mol. The van der Waals surface area contributed by atoms with Crippen LogP contribution in [0.25, 0.3) is 0 Å². The van der Waals surface area contributed by atoms with Gasteiger partial charge in [-0.05, 0) is 42.3 Å². The van der Waals surface area contributed by atoms with Crippen molar-refractivity contribution in [2.45, 2.75) is 12.8 Å². The van der Waals surface area contributed by atoms with Gasteiger partial charge in [0.25, 0.3) is 0 Å². The second-order valence-corrected chi connectivity index (χ2v) is 4.80. The number of anilines is 1. The average Bonchev–Trinajstić information content (AvgIpc) is 2.47. The lowest BCUT2D eigenvalue weighted by molar-refractivity contribution is -0.116. The number of nitrogens with one attached hydrogen (secondary N) is 1. The Balaban J connectivity index is 1.89. The summed E-state index contributed by atoms with van der Waals surface area (Å²) in [6.45, 7) is 0. The Morgan fingerprint density at radius 1 is 1.20 bits per heavy atom. The van der Waals surface area contributed by atoms with Crippen molar-refractivity contribution < 1.29 is 4.79 Å². The fourth-order valence-electron chi connectivity index (χ4n) is 1.80. The zero-order chi connectivity index (χ0) is 14.4. The van der Waals surface area contributed by atoms with Gasteiger partial charge in [0.15, 0.2) is 0 Å². The number of amides is 1. The molecule has 100 valence electrons. The standard InChI is InChI=1S/C16H13ClN2O/c17-14-7-4-12(5-8-14)6-9-16(20)19-15-3-1-2-13(10-15)11-18/h1-5,7-8,10H,6,9H2,(H,19,20). The van der Waals surface area contributed by atoms with Crippen LogP contribution < -0.4 is 5.32 Å². The third-order valence-corrected chi connectivity index (χ3v) is 3.08. The van der Waals surface area contributed by atoms with Crippen molar-refractivity contribution in [3.63, 3.8) is 0 Å². The lowest BCUT2D eigenvalue weighted by atomic mass is 10.1. The van der Waals surface area contributed by atoms with E-state index in [4.69, 9.17) is 16.9 Å². The van der Waals surface area contributed by atoms with Gasteiger partial charge < -0.3 is 5.32 Å². The maximum atomic E-state index is 11.8. The minimum absolute atomic E-state index is 0.0740. The maximum Gasteiger partial charge on any atom is 0.224 e. The van der Waals surface area contributed by atoms with E-state index >= 15 is 0 Å². The minimum atomic E-state index is -0.0740. The summed E-state index contributed by atoms with van der Waals surface area (Å²) in [5.41, 5.74) is 2.24. The molecule has 2 aromatic carbocycles. The van der Waals surface area contributed by atoms with Gasteiger partial charge in [-0.2, -0.15) is 5.26 Å². The van der Waals surface area contributed by atoms with E-state index in [1.807, 2.05) is 30.3 Å². The minimum Gasteiger partial charge on any atom is -0.326 e. The molecule has 2 rings (SSSR count). The van der Waals surface area contributed by atoms with E-state index in [1.165, 1.54) is 0 Å². The van der Waals surface area contributed by atoms with E-state index in [1.54, 1.807) is 24.3 Å². The molecular formula is C16H13ClN2O. The largest absolute Gasteiger partial charge is 0.326 e. The first-order valence-electron chi connectivity index (χ1n) is 6.22. The summed E-state index contributed by atoms with van der Waals surface area (Å²) >= 11 is 5.80. The van der Waals surface area contributed by atoms with E-state index in [2.05, 4.69) is 5.32 Å². The van der Waals surface area contributed by atoms with Crippen LogP contribution in [0.3, 0.4) is 0 Å². The number of hydrogen-bond acceptors (Lipinski definition) is 2. The molecular weight excluding hydrogens is 272 g/mol. The third kappa shape index (κ3) is 4.11. The Morgan fingerprint density at radius 2 is 1.95 bits per heavy atom. The van der Waals surface area contributed by atoms with E-state index in [0.29, 0.717) is 29.1 Å². The van der Waals surface area contributed by atoms with Crippen molar-refractivity contribution in [2.75, 3.05) is 5.32 Å². The molecule has 1 N–H and O–H groups in total. The van der Waals surface area contributed by atoms with Crippen LogP contribution in [0.15, 0.2) is 48.5 Å². The summed E-state index contributed by atoms with van der Waals surface area (Å²) < 4.78 is 0. The van der Waals surface area contributed by atoms with Gasteiger partial charge in [-0.25, -0.2) is 0 Å². The van der Waals surface area contributed by atoms with Crippen LogP contribution in [-0.2, 0) is 11.2 Å². The van der Waals surface area contributed by atoms with Crippen LogP contribution in [0.1, 0.15) is 17.5 Å². The number of benzene rings is 2. The molecule has 0 atom stereocenters. The molecule has 3 nitrogen and oxygen atoms in total. The molecule has 0 radical (unpaired) electrons. The molecule has 0 aliphatic carbocycles. The topological polar surface area (TPSA) is 52.9 Å². The van der Waals surface area contributed by atoms with E-state index < -0.39 is 0 Å². The highest BCUT2D eigenvalue weighted by molar-refractivity contribution is 6.30. The predicted octanol–water partition coefficient (Wildman–Crippen LogP) is 3.78. The van der Waals surface area contributed by atoms with Crippen LogP contribution in [0.5, 0.6) is 0 Å². The van der Waals surface area contributed by atoms with Gasteiger partial charge in [0.2, 0.25) is 5.91 Å². The molecule has 0 heterocycles. The summed E-state index contributed by atoms with van der Waals surface area (Å²) in [6.07, 6.45) is 1.04. The van der Waals surface area contributed by atoms with Gasteiger partial charge in [-0.15, -0.1) is 0 Å². The van der Waals surface area contributed by atoms with Gasteiger partial charge in [0.05, 0.1) is 11.6 Å². The number of hydrogen-bond donors (Lipinski definition) is 1. The number of nitriles is 1. The van der Waals surface area contributed by atoms with E-state index in [0.717, 1.165) is 5.56 Å². The number of halogens is 1. The van der Waals surface area contributed by atoms with Gasteiger partial charge in [0, 0.05) is 17.1 Å². The Kier molecular flexibility index (Phi) is 4.75. The van der Waals surface area contributed by atoms with Crippen LogP contribution >= 0.6 is 11.6 Å². The van der Waals surface area contributed by atoms with Crippen molar-refractivity contribution >= 4 is 23.2 Å². The van der Waals surface area contributed by atoms with Gasteiger partial charge in [-0.3, -0.25) is 4.79 Å². The zero-order valence-corrected chi connectivity index (χ0v) is 11.5. The highest BCUT2D eigenvalue weighted by Crippen LogP contribution is 2.13. The van der Waals surface area contributed by atoms with Crippen LogP contribution in [0.4, 0.5) is 5.69 Å². The van der Waals surface area contributed by atoms with E-state index in [-0.39, 0.29) is 5.91 Å². The molecule has 0 saturated carbocycles. The highest BCUT2D eigenvalue weighted by Gasteiger charge is 2.04. The lowest BCUT2D eigenvalue weighted by Gasteiger charge is -2.05. The first-order chi connectivity index (χ1) is 9.67. The normalized spacial score (nSPS) is 9.80. The number of aryl methyl sites for hydroxylation is 1. The number of rotatable bonds is 4. The van der Waals surface area contributed by atoms with Crippen molar-refractivity contribution in [3.05, 3.63) is 64.7 Å². The first kappa shape index (κ1) is 14.1. The number of carbonyl (C=O) groups is 1. The molecule has 0 aliphatic rings. The van der Waals surface area contributed by atoms with Crippen molar-refractivity contribution in [3.8, 4) is 6.07 Å². The first-order valence-corrected chi connectivity index (χ1v) is 6.59. The van der Waals surface area contributed by atoms with Crippen LogP contribution in [0.2, 0.25) is 5.02 Å². The monoisotopic (exact) mass is 284 g/mol. The molecule has 0 spiro atoms. The Labute approximate surface area is 122 Å². The summed E-state index contributed by atoms with van der Waals surface area (Å²) in [7, 11) is 0. The molecule has 0 aliphatic heterocycles. The number of nitrogens with zero attached hydrogens (tertiary/aromatic N) is 1. The Bertz CT molecular complexity index is 644. The molecule has 0 saturated heterocycles. The zero-order valence-electron chi connectivity index (χ0n) is 10.8. The molecule has 2 aromatic rings. The summed E-state index contributed by atoms with van der Waals surface area (Å²) in [6, 6.07) is 16.3. The SMILES string of the molecule is N#Cc1cccc(NC(=O)CCc2ccc(Cl)cc2)c1. The highest BCUT2D eigenvalue weighted by atomic mass is 35.5. The van der Waals surface area contributed by atoms with Crippen molar-refractivity contribution in [1.29, 1.82) is 5.26 Å². The van der Waals surface area contributed by atoms with Gasteiger partial charge in [-0.1, -0.05) is 29.8 Å². The molecule has 0 unspecified atom stereocenters. The molecule has 0 aromatic heterocycles.